The lowest BCUT2D eigenvalue weighted by atomic mass is 10.2. The lowest BCUT2D eigenvalue weighted by Crippen LogP contribution is -2.27. The maximum atomic E-state index is 11.8. The highest BCUT2D eigenvalue weighted by Crippen LogP contribution is 2.14. The van der Waals surface area contributed by atoms with Crippen LogP contribution in [0.15, 0.2) is 18.2 Å². The van der Waals surface area contributed by atoms with Crippen molar-refractivity contribution in [2.24, 2.45) is 5.73 Å². The smallest absolute Gasteiger partial charge is 0.254 e. The van der Waals surface area contributed by atoms with E-state index in [4.69, 9.17) is 10.5 Å². The molecule has 1 unspecified atom stereocenters. The van der Waals surface area contributed by atoms with E-state index in [1.54, 1.807) is 18.2 Å². The van der Waals surface area contributed by atoms with Crippen molar-refractivity contribution < 1.29 is 9.53 Å². The Morgan fingerprint density at radius 1 is 1.61 bits per heavy atom. The van der Waals surface area contributed by atoms with E-state index in [0.29, 0.717) is 18.1 Å². The Morgan fingerprint density at radius 2 is 2.50 bits per heavy atom. The predicted octanol–water partition coefficient (Wildman–Crippen LogP) is 0.509. The quantitative estimate of drug-likeness (QED) is 0.744. The predicted molar refractivity (Wildman–Crippen MR) is 67.8 cm³/mol. The second-order valence-corrected chi connectivity index (χ2v) is 3.90. The second kappa shape index (κ2) is 6.15. The molecule has 1 aromatic heterocycles. The van der Waals surface area contributed by atoms with E-state index in [1.807, 2.05) is 0 Å². The molecule has 1 aliphatic rings. The van der Waals surface area contributed by atoms with Crippen molar-refractivity contribution in [3.8, 4) is 11.8 Å². The Kier molecular flexibility index (Phi) is 4.29. The van der Waals surface area contributed by atoms with Gasteiger partial charge in [0.2, 0.25) is 0 Å². The number of carbonyl (C=O) groups is 1. The summed E-state index contributed by atoms with van der Waals surface area (Å²) < 4.78 is 5.30. The van der Waals surface area contributed by atoms with Crippen LogP contribution < -0.4 is 11.1 Å². The monoisotopic (exact) mass is 245 g/mol. The zero-order chi connectivity index (χ0) is 12.8. The maximum Gasteiger partial charge on any atom is 0.254 e. The first-order chi connectivity index (χ1) is 8.79. The Hall–Kier alpha value is -1.90. The zero-order valence-corrected chi connectivity index (χ0v) is 9.98. The number of nitrogens with zero attached hydrogens (tertiary/aromatic N) is 1. The molecule has 0 bridgehead atoms. The van der Waals surface area contributed by atoms with Gasteiger partial charge in [0.15, 0.2) is 0 Å². The van der Waals surface area contributed by atoms with Gasteiger partial charge in [-0.05, 0) is 30.9 Å². The summed E-state index contributed by atoms with van der Waals surface area (Å²) in [5.74, 6) is 5.87. The Labute approximate surface area is 106 Å². The number of carbonyl (C=O) groups excluding carboxylic acids is 1. The second-order valence-electron chi connectivity index (χ2n) is 3.90. The van der Waals surface area contributed by atoms with E-state index in [-0.39, 0.29) is 18.6 Å². The van der Waals surface area contributed by atoms with Crippen molar-refractivity contribution >= 4 is 11.7 Å². The fourth-order valence-corrected chi connectivity index (χ4v) is 1.71. The third kappa shape index (κ3) is 3.29. The SMILES string of the molecule is NCC#Cc1cccc(NC(=O)C2CCCO2)n1. The van der Waals surface area contributed by atoms with E-state index in [2.05, 4.69) is 22.1 Å². The molecule has 1 aliphatic heterocycles. The molecule has 1 aromatic rings. The summed E-state index contributed by atoms with van der Waals surface area (Å²) in [7, 11) is 0. The first-order valence-corrected chi connectivity index (χ1v) is 5.88. The molecule has 0 radical (unpaired) electrons. The largest absolute Gasteiger partial charge is 0.368 e. The molecule has 1 saturated heterocycles. The van der Waals surface area contributed by atoms with Crippen LogP contribution in [0.2, 0.25) is 0 Å². The van der Waals surface area contributed by atoms with Crippen molar-refractivity contribution in [3.63, 3.8) is 0 Å². The molecule has 5 heteroatoms. The maximum absolute atomic E-state index is 11.8. The zero-order valence-electron chi connectivity index (χ0n) is 9.98. The molecule has 0 spiro atoms. The molecule has 1 fully saturated rings. The van der Waals surface area contributed by atoms with Gasteiger partial charge in [-0.1, -0.05) is 12.0 Å². The fraction of sp³-hybridized carbons (Fsp3) is 0.385. The number of hydrogen-bond donors (Lipinski definition) is 2. The number of amides is 1. The van der Waals surface area contributed by atoms with Gasteiger partial charge < -0.3 is 15.8 Å². The molecule has 94 valence electrons. The summed E-state index contributed by atoms with van der Waals surface area (Å²) in [4.78, 5) is 16.0. The van der Waals surface area contributed by atoms with Crippen LogP contribution in [0.4, 0.5) is 5.82 Å². The third-order valence-corrected chi connectivity index (χ3v) is 2.54. The number of pyridine rings is 1. The minimum atomic E-state index is -0.356. The van der Waals surface area contributed by atoms with Gasteiger partial charge in [0.1, 0.15) is 17.6 Å². The van der Waals surface area contributed by atoms with Crippen molar-refractivity contribution in [1.82, 2.24) is 4.98 Å². The number of rotatable bonds is 2. The van der Waals surface area contributed by atoms with Gasteiger partial charge in [-0.25, -0.2) is 4.98 Å². The van der Waals surface area contributed by atoms with Gasteiger partial charge in [0, 0.05) is 6.61 Å². The first kappa shape index (κ1) is 12.6. The summed E-state index contributed by atoms with van der Waals surface area (Å²) in [6.07, 6.45) is 1.33. The minimum absolute atomic E-state index is 0.149. The summed E-state index contributed by atoms with van der Waals surface area (Å²) in [5, 5.41) is 2.73. The molecule has 1 amide bonds. The topological polar surface area (TPSA) is 77.2 Å². The molecule has 5 nitrogen and oxygen atoms in total. The number of nitrogens with two attached hydrogens (primary N) is 1. The minimum Gasteiger partial charge on any atom is -0.368 e. The van der Waals surface area contributed by atoms with Crippen LogP contribution in [0.1, 0.15) is 18.5 Å². The average Bonchev–Trinajstić information content (AvgIpc) is 2.91. The van der Waals surface area contributed by atoms with E-state index in [0.717, 1.165) is 12.8 Å². The first-order valence-electron chi connectivity index (χ1n) is 5.88. The van der Waals surface area contributed by atoms with Crippen LogP contribution in [0.5, 0.6) is 0 Å². The summed E-state index contributed by atoms with van der Waals surface area (Å²) in [6, 6.07) is 5.28. The highest BCUT2D eigenvalue weighted by atomic mass is 16.5. The lowest BCUT2D eigenvalue weighted by molar-refractivity contribution is -0.124. The molecule has 2 heterocycles. The molecule has 1 atom stereocenters. The van der Waals surface area contributed by atoms with Crippen molar-refractivity contribution in [3.05, 3.63) is 23.9 Å². The molecule has 2 rings (SSSR count). The number of anilines is 1. The summed E-state index contributed by atoms with van der Waals surface area (Å²) in [5.41, 5.74) is 5.88. The molecular weight excluding hydrogens is 230 g/mol. The van der Waals surface area contributed by atoms with E-state index < -0.39 is 0 Å². The van der Waals surface area contributed by atoms with Gasteiger partial charge in [0.05, 0.1) is 6.54 Å². The van der Waals surface area contributed by atoms with Crippen LogP contribution >= 0.6 is 0 Å². The Bertz CT molecular complexity index is 484. The van der Waals surface area contributed by atoms with Gasteiger partial charge in [-0.3, -0.25) is 4.79 Å². The standard InChI is InChI=1S/C13H15N3O2/c14-8-2-5-10-4-1-7-12(15-10)16-13(17)11-6-3-9-18-11/h1,4,7,11H,3,6,8-9,14H2,(H,15,16,17). The molecule has 0 aliphatic carbocycles. The number of aromatic nitrogens is 1. The Balaban J connectivity index is 2.02. The fourth-order valence-electron chi connectivity index (χ4n) is 1.71. The number of hydrogen-bond acceptors (Lipinski definition) is 4. The highest BCUT2D eigenvalue weighted by Gasteiger charge is 2.23. The highest BCUT2D eigenvalue weighted by molar-refractivity contribution is 5.93. The van der Waals surface area contributed by atoms with E-state index >= 15 is 0 Å². The van der Waals surface area contributed by atoms with Crippen LogP contribution in [0, 0.1) is 11.8 Å². The summed E-state index contributed by atoms with van der Waals surface area (Å²) >= 11 is 0. The molecule has 18 heavy (non-hydrogen) atoms. The van der Waals surface area contributed by atoms with E-state index in [9.17, 15) is 4.79 Å². The van der Waals surface area contributed by atoms with Crippen LogP contribution in [-0.4, -0.2) is 30.1 Å². The van der Waals surface area contributed by atoms with Crippen molar-refractivity contribution in [2.75, 3.05) is 18.5 Å². The average molecular weight is 245 g/mol. The molecule has 0 saturated carbocycles. The number of nitrogens with one attached hydrogen (secondary N) is 1. The molecule has 0 aromatic carbocycles. The lowest BCUT2D eigenvalue weighted by Gasteiger charge is -2.09. The van der Waals surface area contributed by atoms with Crippen LogP contribution in [0.3, 0.4) is 0 Å². The summed E-state index contributed by atoms with van der Waals surface area (Å²) in [6.45, 7) is 0.932. The third-order valence-electron chi connectivity index (χ3n) is 2.54. The number of ether oxygens (including phenoxy) is 1. The van der Waals surface area contributed by atoms with Gasteiger partial charge >= 0.3 is 0 Å². The van der Waals surface area contributed by atoms with E-state index in [1.165, 1.54) is 0 Å². The van der Waals surface area contributed by atoms with Gasteiger partial charge in [-0.15, -0.1) is 0 Å². The van der Waals surface area contributed by atoms with Crippen LogP contribution in [-0.2, 0) is 9.53 Å². The van der Waals surface area contributed by atoms with Crippen LogP contribution in [0.25, 0.3) is 0 Å². The van der Waals surface area contributed by atoms with Crippen molar-refractivity contribution in [1.29, 1.82) is 0 Å². The molecular formula is C13H15N3O2. The van der Waals surface area contributed by atoms with Gasteiger partial charge in [-0.2, -0.15) is 0 Å². The molecule has 3 N–H and O–H groups in total. The normalized spacial score (nSPS) is 17.9. The van der Waals surface area contributed by atoms with Gasteiger partial charge in [0.25, 0.3) is 5.91 Å². The van der Waals surface area contributed by atoms with Crippen molar-refractivity contribution in [2.45, 2.75) is 18.9 Å². The Morgan fingerprint density at radius 3 is 3.22 bits per heavy atom.